The van der Waals surface area contributed by atoms with Gasteiger partial charge in [-0.15, -0.1) is 0 Å². The van der Waals surface area contributed by atoms with E-state index in [0.717, 1.165) is 4.68 Å². The lowest BCUT2D eigenvalue weighted by atomic mass is 10.2. The Morgan fingerprint density at radius 2 is 2.12 bits per heavy atom. The van der Waals surface area contributed by atoms with Crippen molar-refractivity contribution in [2.75, 3.05) is 0 Å². The van der Waals surface area contributed by atoms with Gasteiger partial charge in [-0.05, 0) is 22.6 Å². The van der Waals surface area contributed by atoms with Crippen LogP contribution in [0.4, 0.5) is 0 Å². The first-order valence-electron chi connectivity index (χ1n) is 4.24. The van der Waals surface area contributed by atoms with E-state index in [1.807, 2.05) is 0 Å². The van der Waals surface area contributed by atoms with Crippen LogP contribution in [0.2, 0.25) is 10.0 Å². The predicted molar refractivity (Wildman–Crippen MR) is 59.0 cm³/mol. The second-order valence-corrected chi connectivity index (χ2v) is 3.77. The zero-order valence-corrected chi connectivity index (χ0v) is 9.53. The number of hydrogen-bond acceptors (Lipinski definition) is 4. The minimum absolute atomic E-state index is 0.0213. The first-order valence-corrected chi connectivity index (χ1v) is 5.00. The van der Waals surface area contributed by atoms with Crippen molar-refractivity contribution in [1.82, 2.24) is 20.2 Å². The van der Waals surface area contributed by atoms with E-state index in [-0.39, 0.29) is 21.3 Å². The number of aromatic carboxylic acids is 1. The molecule has 0 aliphatic heterocycles. The molecule has 0 unspecified atom stereocenters. The molecule has 1 heterocycles. The van der Waals surface area contributed by atoms with E-state index in [4.69, 9.17) is 28.3 Å². The van der Waals surface area contributed by atoms with Crippen LogP contribution >= 0.6 is 23.2 Å². The molecule has 0 amide bonds. The molecular formula is C8H4Cl2N4O3. The molecular weight excluding hydrogens is 271 g/mol. The first kappa shape index (κ1) is 11.6. The van der Waals surface area contributed by atoms with Crippen LogP contribution in [0.25, 0.3) is 5.69 Å². The molecule has 0 atom stereocenters. The van der Waals surface area contributed by atoms with Gasteiger partial charge in [0.05, 0.1) is 15.6 Å². The van der Waals surface area contributed by atoms with Gasteiger partial charge >= 0.3 is 11.7 Å². The number of benzene rings is 1. The molecule has 0 aliphatic rings. The second-order valence-electron chi connectivity index (χ2n) is 2.98. The molecule has 2 rings (SSSR count). The summed E-state index contributed by atoms with van der Waals surface area (Å²) in [7, 11) is 0. The summed E-state index contributed by atoms with van der Waals surface area (Å²) in [4.78, 5) is 22.2. The minimum atomic E-state index is -1.23. The number of nitrogens with zero attached hydrogens (tertiary/aromatic N) is 3. The highest BCUT2D eigenvalue weighted by molar-refractivity contribution is 6.39. The molecule has 2 N–H and O–H groups in total. The third kappa shape index (κ3) is 1.90. The summed E-state index contributed by atoms with van der Waals surface area (Å²) in [5.74, 6) is -1.23. The normalized spacial score (nSPS) is 10.5. The van der Waals surface area contributed by atoms with Crippen molar-refractivity contribution in [3.63, 3.8) is 0 Å². The van der Waals surface area contributed by atoms with Crippen LogP contribution in [-0.4, -0.2) is 31.3 Å². The number of aromatic amines is 1. The average Bonchev–Trinajstić information content (AvgIpc) is 2.64. The molecule has 0 radical (unpaired) electrons. The summed E-state index contributed by atoms with van der Waals surface area (Å²) in [5.41, 5.74) is -0.871. The van der Waals surface area contributed by atoms with E-state index >= 15 is 0 Å². The highest BCUT2D eigenvalue weighted by Crippen LogP contribution is 2.30. The van der Waals surface area contributed by atoms with Crippen molar-refractivity contribution < 1.29 is 9.90 Å². The SMILES string of the molecule is O=C(O)c1ccc(Cl)c(-n2nn[nH]c2=O)c1Cl. The number of hydrogen-bond donors (Lipinski definition) is 2. The number of aromatic nitrogens is 4. The van der Waals surface area contributed by atoms with Gasteiger partial charge in [0, 0.05) is 0 Å². The Morgan fingerprint density at radius 1 is 1.41 bits per heavy atom. The van der Waals surface area contributed by atoms with Gasteiger partial charge in [-0.3, -0.25) is 0 Å². The summed E-state index contributed by atoms with van der Waals surface area (Å²) in [6, 6.07) is 2.55. The van der Waals surface area contributed by atoms with E-state index in [1.54, 1.807) is 0 Å². The van der Waals surface area contributed by atoms with Crippen molar-refractivity contribution >= 4 is 29.2 Å². The minimum Gasteiger partial charge on any atom is -0.478 e. The molecule has 7 nitrogen and oxygen atoms in total. The van der Waals surface area contributed by atoms with Gasteiger partial charge < -0.3 is 5.11 Å². The summed E-state index contributed by atoms with van der Waals surface area (Å²) in [6.45, 7) is 0. The van der Waals surface area contributed by atoms with Crippen LogP contribution in [0.1, 0.15) is 10.4 Å². The Hall–Kier alpha value is -1.86. The monoisotopic (exact) mass is 274 g/mol. The summed E-state index contributed by atoms with van der Waals surface area (Å²) in [6.07, 6.45) is 0. The van der Waals surface area contributed by atoms with Crippen molar-refractivity contribution in [2.45, 2.75) is 0 Å². The summed E-state index contributed by atoms with van der Waals surface area (Å²) >= 11 is 11.7. The topological polar surface area (TPSA) is 101 Å². The fourth-order valence-electron chi connectivity index (χ4n) is 1.24. The number of carboxylic acid groups (broad SMARTS) is 1. The molecule has 0 bridgehead atoms. The molecule has 1 aromatic carbocycles. The maximum absolute atomic E-state index is 11.3. The number of carboxylic acids is 1. The van der Waals surface area contributed by atoms with Crippen LogP contribution in [-0.2, 0) is 0 Å². The average molecular weight is 275 g/mol. The Balaban J connectivity index is 2.78. The predicted octanol–water partition coefficient (Wildman–Crippen LogP) is 0.961. The molecule has 0 saturated carbocycles. The lowest BCUT2D eigenvalue weighted by Gasteiger charge is -2.07. The van der Waals surface area contributed by atoms with Gasteiger partial charge in [-0.25, -0.2) is 14.7 Å². The van der Waals surface area contributed by atoms with Crippen LogP contribution in [0.15, 0.2) is 16.9 Å². The zero-order chi connectivity index (χ0) is 12.6. The molecule has 1 aromatic heterocycles. The van der Waals surface area contributed by atoms with Gasteiger partial charge in [0.1, 0.15) is 5.69 Å². The molecule has 9 heteroatoms. The largest absolute Gasteiger partial charge is 0.478 e. The fraction of sp³-hybridized carbons (Fsp3) is 0. The van der Waals surface area contributed by atoms with Gasteiger partial charge in [0.2, 0.25) is 0 Å². The van der Waals surface area contributed by atoms with Crippen LogP contribution in [0, 0.1) is 0 Å². The third-order valence-corrected chi connectivity index (χ3v) is 2.67. The Morgan fingerprint density at radius 3 is 2.65 bits per heavy atom. The van der Waals surface area contributed by atoms with Crippen molar-refractivity contribution in [3.8, 4) is 5.69 Å². The van der Waals surface area contributed by atoms with Crippen molar-refractivity contribution in [2.24, 2.45) is 0 Å². The molecule has 2 aromatic rings. The van der Waals surface area contributed by atoms with E-state index < -0.39 is 11.7 Å². The number of rotatable bonds is 2. The number of halogens is 2. The Kier molecular flexibility index (Phi) is 2.86. The number of carbonyl (C=O) groups is 1. The van der Waals surface area contributed by atoms with Crippen LogP contribution < -0.4 is 5.69 Å². The van der Waals surface area contributed by atoms with Gasteiger partial charge in [-0.1, -0.05) is 23.2 Å². The van der Waals surface area contributed by atoms with Gasteiger partial charge in [0.25, 0.3) is 0 Å². The molecule has 0 saturated heterocycles. The van der Waals surface area contributed by atoms with Gasteiger partial charge in [-0.2, -0.15) is 4.68 Å². The van der Waals surface area contributed by atoms with Crippen LogP contribution in [0.5, 0.6) is 0 Å². The van der Waals surface area contributed by atoms with E-state index in [0.29, 0.717) is 0 Å². The van der Waals surface area contributed by atoms with E-state index in [2.05, 4.69) is 15.5 Å². The Bertz CT molecular complexity index is 648. The lowest BCUT2D eigenvalue weighted by molar-refractivity contribution is 0.0697. The lowest BCUT2D eigenvalue weighted by Crippen LogP contribution is -2.17. The quantitative estimate of drug-likeness (QED) is 0.850. The maximum atomic E-state index is 11.3. The summed E-state index contributed by atoms with van der Waals surface area (Å²) < 4.78 is 0.789. The van der Waals surface area contributed by atoms with Crippen LogP contribution in [0.3, 0.4) is 0 Å². The second kappa shape index (κ2) is 4.19. The Labute approximate surface area is 104 Å². The number of tetrazole rings is 1. The molecule has 0 fully saturated rings. The van der Waals surface area contributed by atoms with Crippen molar-refractivity contribution in [3.05, 3.63) is 38.2 Å². The van der Waals surface area contributed by atoms with Crippen molar-refractivity contribution in [1.29, 1.82) is 0 Å². The van der Waals surface area contributed by atoms with Gasteiger partial charge in [0.15, 0.2) is 0 Å². The summed E-state index contributed by atoms with van der Waals surface area (Å²) in [5, 5.41) is 17.6. The maximum Gasteiger partial charge on any atom is 0.365 e. The first-order chi connectivity index (χ1) is 8.02. The van der Waals surface area contributed by atoms with E-state index in [9.17, 15) is 9.59 Å². The molecule has 88 valence electrons. The smallest absolute Gasteiger partial charge is 0.365 e. The number of H-pyrrole nitrogens is 1. The molecule has 0 spiro atoms. The zero-order valence-electron chi connectivity index (χ0n) is 8.02. The highest BCUT2D eigenvalue weighted by Gasteiger charge is 2.19. The fourth-order valence-corrected chi connectivity index (χ4v) is 1.86. The standard InChI is InChI=1S/C8H4Cl2N4O3/c9-4-2-1-3(7(15)16)5(10)6(4)14-8(17)11-12-13-14/h1-2H,(H,15,16)(H,11,13,17). The molecule has 17 heavy (non-hydrogen) atoms. The third-order valence-electron chi connectivity index (χ3n) is 1.98. The molecule has 0 aliphatic carbocycles. The van der Waals surface area contributed by atoms with E-state index in [1.165, 1.54) is 12.1 Å². The highest BCUT2D eigenvalue weighted by atomic mass is 35.5. The number of nitrogens with one attached hydrogen (secondary N) is 1.